The quantitative estimate of drug-likeness (QED) is 0.764. The maximum atomic E-state index is 12.0. The summed E-state index contributed by atoms with van der Waals surface area (Å²) in [6.07, 6.45) is -0.760. The van der Waals surface area contributed by atoms with Crippen LogP contribution in [0.5, 0.6) is 0 Å². The summed E-state index contributed by atoms with van der Waals surface area (Å²) in [5.74, 6) is 0. The smallest absolute Gasteiger partial charge is 0.314 e. The Balaban J connectivity index is 2.36. The molecule has 0 aromatic carbocycles. The molecule has 0 saturated carbocycles. The molecule has 0 aliphatic carbocycles. The van der Waals surface area contributed by atoms with Crippen LogP contribution in [0.4, 0.5) is 13.2 Å². The molecule has 1 unspecified atom stereocenters. The molecular weight excluding hydrogens is 283 g/mol. The molecule has 0 aromatic heterocycles. The molecule has 0 aromatic rings. The molecule has 1 saturated heterocycles. The van der Waals surface area contributed by atoms with Gasteiger partial charge in [-0.15, -0.1) is 0 Å². The molecule has 1 rings (SSSR count). The second kappa shape index (κ2) is 6.87. The van der Waals surface area contributed by atoms with Crippen molar-refractivity contribution in [1.82, 2.24) is 14.3 Å². The first-order chi connectivity index (χ1) is 8.71. The van der Waals surface area contributed by atoms with Crippen molar-refractivity contribution in [1.29, 1.82) is 0 Å². The lowest BCUT2D eigenvalue weighted by Gasteiger charge is -2.25. The Morgan fingerprint density at radius 3 is 2.58 bits per heavy atom. The first kappa shape index (κ1) is 16.7. The zero-order chi connectivity index (χ0) is 14.5. The van der Waals surface area contributed by atoms with Gasteiger partial charge in [0.25, 0.3) is 10.2 Å². The minimum Gasteiger partial charge on any atom is -0.314 e. The number of nitrogens with zero attached hydrogens (tertiary/aromatic N) is 1. The van der Waals surface area contributed by atoms with Gasteiger partial charge in [-0.1, -0.05) is 6.42 Å². The third kappa shape index (κ3) is 6.55. The van der Waals surface area contributed by atoms with Crippen LogP contribution in [0.15, 0.2) is 0 Å². The SMILES string of the molecule is CN(CCC1CCCCN1)S(=O)(=O)NCC(F)(F)F. The topological polar surface area (TPSA) is 61.4 Å². The molecule has 19 heavy (non-hydrogen) atoms. The van der Waals surface area contributed by atoms with E-state index in [0.29, 0.717) is 6.42 Å². The zero-order valence-electron chi connectivity index (χ0n) is 10.8. The van der Waals surface area contributed by atoms with Crippen molar-refractivity contribution in [3.05, 3.63) is 0 Å². The van der Waals surface area contributed by atoms with Crippen molar-refractivity contribution in [3.8, 4) is 0 Å². The summed E-state index contributed by atoms with van der Waals surface area (Å²) in [6.45, 7) is -0.431. The van der Waals surface area contributed by atoms with Gasteiger partial charge in [0.1, 0.15) is 6.54 Å². The van der Waals surface area contributed by atoms with Crippen LogP contribution >= 0.6 is 0 Å². The van der Waals surface area contributed by atoms with E-state index < -0.39 is 22.9 Å². The number of hydrogen-bond acceptors (Lipinski definition) is 3. The third-order valence-electron chi connectivity index (χ3n) is 3.07. The molecule has 114 valence electrons. The van der Waals surface area contributed by atoms with E-state index >= 15 is 0 Å². The van der Waals surface area contributed by atoms with Crippen LogP contribution in [0, 0.1) is 0 Å². The maximum Gasteiger partial charge on any atom is 0.402 e. The molecule has 1 atom stereocenters. The second-order valence-corrected chi connectivity index (χ2v) is 6.56. The molecule has 2 N–H and O–H groups in total. The molecule has 0 amide bonds. The second-order valence-electron chi connectivity index (χ2n) is 4.70. The van der Waals surface area contributed by atoms with E-state index in [4.69, 9.17) is 0 Å². The Labute approximate surface area is 111 Å². The summed E-state index contributed by atoms with van der Waals surface area (Å²) >= 11 is 0. The molecule has 5 nitrogen and oxygen atoms in total. The Bertz CT molecular complexity index is 367. The number of hydrogen-bond donors (Lipinski definition) is 2. The molecule has 9 heteroatoms. The lowest BCUT2D eigenvalue weighted by molar-refractivity contribution is -0.121. The Morgan fingerprint density at radius 1 is 1.37 bits per heavy atom. The molecule has 0 spiro atoms. The summed E-state index contributed by atoms with van der Waals surface area (Å²) < 4.78 is 61.5. The molecule has 1 aliphatic heterocycles. The lowest BCUT2D eigenvalue weighted by atomic mass is 10.0. The highest BCUT2D eigenvalue weighted by atomic mass is 32.2. The fourth-order valence-electron chi connectivity index (χ4n) is 1.91. The first-order valence-electron chi connectivity index (χ1n) is 6.22. The van der Waals surface area contributed by atoms with E-state index in [1.807, 2.05) is 0 Å². The Kier molecular flexibility index (Phi) is 6.03. The first-order valence-corrected chi connectivity index (χ1v) is 7.66. The van der Waals surface area contributed by atoms with Crippen LogP contribution < -0.4 is 10.0 Å². The van der Waals surface area contributed by atoms with Crippen molar-refractivity contribution in [2.45, 2.75) is 37.9 Å². The average molecular weight is 303 g/mol. The monoisotopic (exact) mass is 303 g/mol. The van der Waals surface area contributed by atoms with Gasteiger partial charge >= 0.3 is 6.18 Å². The van der Waals surface area contributed by atoms with E-state index in [1.54, 1.807) is 0 Å². The Morgan fingerprint density at radius 2 is 2.05 bits per heavy atom. The largest absolute Gasteiger partial charge is 0.402 e. The number of piperidine rings is 1. The minimum atomic E-state index is -4.54. The molecule has 0 radical (unpaired) electrons. The van der Waals surface area contributed by atoms with Gasteiger partial charge in [-0.3, -0.25) is 0 Å². The standard InChI is InChI=1S/C10H20F3N3O2S/c1-16(7-5-9-4-2-3-6-14-9)19(17,18)15-8-10(11,12)13/h9,14-15H,2-8H2,1H3. The van der Waals surface area contributed by atoms with E-state index in [9.17, 15) is 21.6 Å². The van der Waals surface area contributed by atoms with Gasteiger partial charge < -0.3 is 5.32 Å². The predicted octanol–water partition coefficient (Wildman–Crippen LogP) is 0.847. The highest BCUT2D eigenvalue weighted by Crippen LogP contribution is 2.14. The van der Waals surface area contributed by atoms with Gasteiger partial charge in [-0.2, -0.15) is 30.6 Å². The van der Waals surface area contributed by atoms with Gasteiger partial charge in [0.15, 0.2) is 0 Å². The number of rotatable bonds is 6. The summed E-state index contributed by atoms with van der Waals surface area (Å²) in [4.78, 5) is 0. The van der Waals surface area contributed by atoms with Crippen LogP contribution in [0.2, 0.25) is 0 Å². The summed E-state index contributed by atoms with van der Waals surface area (Å²) in [5.41, 5.74) is 0. The lowest BCUT2D eigenvalue weighted by Crippen LogP contribution is -2.44. The van der Waals surface area contributed by atoms with Crippen molar-refractivity contribution in [3.63, 3.8) is 0 Å². The Hall–Kier alpha value is -0.380. The summed E-state index contributed by atoms with van der Waals surface area (Å²) in [7, 11) is -2.78. The van der Waals surface area contributed by atoms with Gasteiger partial charge in [-0.25, -0.2) is 0 Å². The molecule has 1 fully saturated rings. The molecular formula is C10H20F3N3O2S. The molecule has 0 bridgehead atoms. The fraction of sp³-hybridized carbons (Fsp3) is 1.00. The van der Waals surface area contributed by atoms with E-state index in [0.717, 1.165) is 30.1 Å². The highest BCUT2D eigenvalue weighted by Gasteiger charge is 2.31. The van der Waals surface area contributed by atoms with Crippen molar-refractivity contribution < 1.29 is 21.6 Å². The van der Waals surface area contributed by atoms with E-state index in [2.05, 4.69) is 5.32 Å². The normalized spacial score (nSPS) is 21.8. The van der Waals surface area contributed by atoms with Crippen molar-refractivity contribution in [2.24, 2.45) is 0 Å². The highest BCUT2D eigenvalue weighted by molar-refractivity contribution is 7.87. The van der Waals surface area contributed by atoms with Gasteiger partial charge in [0, 0.05) is 19.6 Å². The van der Waals surface area contributed by atoms with Crippen molar-refractivity contribution in [2.75, 3.05) is 26.7 Å². The zero-order valence-corrected chi connectivity index (χ0v) is 11.6. The van der Waals surface area contributed by atoms with Gasteiger partial charge in [-0.05, 0) is 25.8 Å². The fourth-order valence-corrected chi connectivity index (χ4v) is 2.82. The van der Waals surface area contributed by atoms with Gasteiger partial charge in [0.2, 0.25) is 0 Å². The summed E-state index contributed by atoms with van der Waals surface area (Å²) in [6, 6.07) is 0.244. The average Bonchev–Trinajstić information content (AvgIpc) is 2.34. The van der Waals surface area contributed by atoms with E-state index in [-0.39, 0.29) is 12.6 Å². The number of nitrogens with one attached hydrogen (secondary N) is 2. The van der Waals surface area contributed by atoms with Gasteiger partial charge in [0.05, 0.1) is 0 Å². The van der Waals surface area contributed by atoms with Crippen LogP contribution in [-0.4, -0.2) is 51.6 Å². The third-order valence-corrected chi connectivity index (χ3v) is 4.58. The minimum absolute atomic E-state index is 0.199. The van der Waals surface area contributed by atoms with Crippen LogP contribution in [-0.2, 0) is 10.2 Å². The van der Waals surface area contributed by atoms with Crippen LogP contribution in [0.25, 0.3) is 0 Å². The maximum absolute atomic E-state index is 12.0. The molecule has 1 heterocycles. The predicted molar refractivity (Wildman–Crippen MR) is 65.9 cm³/mol. The summed E-state index contributed by atoms with van der Waals surface area (Å²) in [5, 5.41) is 3.26. The number of halogens is 3. The number of alkyl halides is 3. The molecule has 1 aliphatic rings. The van der Waals surface area contributed by atoms with Crippen LogP contribution in [0.3, 0.4) is 0 Å². The van der Waals surface area contributed by atoms with Crippen LogP contribution in [0.1, 0.15) is 25.7 Å². The van der Waals surface area contributed by atoms with Crippen molar-refractivity contribution >= 4 is 10.2 Å². The van der Waals surface area contributed by atoms with E-state index in [1.165, 1.54) is 11.8 Å².